The molecule has 0 atom stereocenters. The molecular formula is C13H21ClN2O. The lowest BCUT2D eigenvalue weighted by molar-refractivity contribution is 0.250. The molecule has 0 radical (unpaired) electrons. The van der Waals surface area contributed by atoms with Gasteiger partial charge in [-0.15, -0.1) is 0 Å². The molecular weight excluding hydrogens is 236 g/mol. The Kier molecular flexibility index (Phi) is 6.16. The van der Waals surface area contributed by atoms with E-state index in [1.165, 1.54) is 0 Å². The highest BCUT2D eigenvalue weighted by Crippen LogP contribution is 2.25. The Hall–Kier alpha value is -0.930. The maximum absolute atomic E-state index is 5.88. The van der Waals surface area contributed by atoms with Gasteiger partial charge in [0.25, 0.3) is 0 Å². The van der Waals surface area contributed by atoms with E-state index in [9.17, 15) is 0 Å². The Balaban J connectivity index is 2.33. The van der Waals surface area contributed by atoms with Crippen LogP contribution in [0.15, 0.2) is 18.2 Å². The second-order valence-electron chi connectivity index (χ2n) is 3.91. The van der Waals surface area contributed by atoms with E-state index < -0.39 is 0 Å². The number of anilines is 1. The van der Waals surface area contributed by atoms with Gasteiger partial charge in [-0.05, 0) is 31.6 Å². The Morgan fingerprint density at radius 3 is 2.65 bits per heavy atom. The molecule has 0 aliphatic carbocycles. The summed E-state index contributed by atoms with van der Waals surface area (Å²) in [5.74, 6) is 0.678. The zero-order valence-electron chi connectivity index (χ0n) is 10.6. The van der Waals surface area contributed by atoms with Crippen LogP contribution >= 0.6 is 11.6 Å². The first kappa shape index (κ1) is 14.1. The van der Waals surface area contributed by atoms with Gasteiger partial charge in [-0.25, -0.2) is 0 Å². The van der Waals surface area contributed by atoms with Crippen molar-refractivity contribution in [2.24, 2.45) is 0 Å². The molecule has 4 heteroatoms. The summed E-state index contributed by atoms with van der Waals surface area (Å²) in [6.07, 6.45) is 0.994. The van der Waals surface area contributed by atoms with Gasteiger partial charge in [0.1, 0.15) is 5.75 Å². The van der Waals surface area contributed by atoms with Crippen molar-refractivity contribution in [1.82, 2.24) is 4.90 Å². The Labute approximate surface area is 109 Å². The molecule has 2 N–H and O–H groups in total. The quantitative estimate of drug-likeness (QED) is 0.602. The Bertz CT molecular complexity index is 340. The molecule has 1 rings (SSSR count). The van der Waals surface area contributed by atoms with Gasteiger partial charge in [0.15, 0.2) is 0 Å². The monoisotopic (exact) mass is 256 g/mol. The molecule has 0 aliphatic heterocycles. The van der Waals surface area contributed by atoms with Crippen molar-refractivity contribution in [3.8, 4) is 5.75 Å². The summed E-state index contributed by atoms with van der Waals surface area (Å²) in [6.45, 7) is 8.21. The average molecular weight is 257 g/mol. The second-order valence-corrected chi connectivity index (χ2v) is 4.35. The fourth-order valence-electron chi connectivity index (χ4n) is 1.64. The summed E-state index contributed by atoms with van der Waals surface area (Å²) < 4.78 is 5.62. The molecule has 0 unspecified atom stereocenters. The van der Waals surface area contributed by atoms with Crippen LogP contribution in [-0.4, -0.2) is 31.1 Å². The van der Waals surface area contributed by atoms with Gasteiger partial charge in [0.2, 0.25) is 0 Å². The second kappa shape index (κ2) is 7.41. The van der Waals surface area contributed by atoms with Gasteiger partial charge in [-0.1, -0.05) is 25.4 Å². The third-order valence-corrected chi connectivity index (χ3v) is 2.98. The van der Waals surface area contributed by atoms with Gasteiger partial charge in [0.05, 0.1) is 12.3 Å². The first-order valence-corrected chi connectivity index (χ1v) is 6.45. The van der Waals surface area contributed by atoms with Crippen LogP contribution in [0.3, 0.4) is 0 Å². The van der Waals surface area contributed by atoms with Crippen molar-refractivity contribution in [3.05, 3.63) is 23.2 Å². The van der Waals surface area contributed by atoms with Crippen molar-refractivity contribution in [2.45, 2.75) is 20.3 Å². The van der Waals surface area contributed by atoms with Crippen LogP contribution in [-0.2, 0) is 0 Å². The van der Waals surface area contributed by atoms with E-state index >= 15 is 0 Å². The van der Waals surface area contributed by atoms with Gasteiger partial charge >= 0.3 is 0 Å². The number of hydrogen-bond donors (Lipinski definition) is 1. The number of nitrogens with two attached hydrogens (primary N) is 1. The van der Waals surface area contributed by atoms with E-state index in [0.29, 0.717) is 23.1 Å². The van der Waals surface area contributed by atoms with Crippen molar-refractivity contribution >= 4 is 17.3 Å². The van der Waals surface area contributed by atoms with Crippen LogP contribution in [0.25, 0.3) is 0 Å². The van der Waals surface area contributed by atoms with Crippen LogP contribution in [0.1, 0.15) is 20.3 Å². The smallest absolute Gasteiger partial charge is 0.143 e. The molecule has 0 saturated carbocycles. The molecule has 0 saturated heterocycles. The van der Waals surface area contributed by atoms with Crippen LogP contribution in [0.2, 0.25) is 5.02 Å². The predicted octanol–water partition coefficient (Wildman–Crippen LogP) is 3.03. The highest BCUT2D eigenvalue weighted by Gasteiger charge is 2.02. The summed E-state index contributed by atoms with van der Waals surface area (Å²) in [5, 5.41) is 0.651. The van der Waals surface area contributed by atoms with Crippen molar-refractivity contribution in [2.75, 3.05) is 32.0 Å². The molecule has 0 amide bonds. The number of halogens is 1. The van der Waals surface area contributed by atoms with Crippen LogP contribution in [0.4, 0.5) is 5.69 Å². The lowest BCUT2D eigenvalue weighted by Gasteiger charge is -2.18. The fourth-order valence-corrected chi connectivity index (χ4v) is 1.81. The van der Waals surface area contributed by atoms with E-state index in [1.807, 2.05) is 0 Å². The number of rotatable bonds is 7. The topological polar surface area (TPSA) is 38.5 Å². The van der Waals surface area contributed by atoms with Gasteiger partial charge in [-0.2, -0.15) is 0 Å². The van der Waals surface area contributed by atoms with Gasteiger partial charge in [0, 0.05) is 17.6 Å². The Morgan fingerprint density at radius 2 is 2.00 bits per heavy atom. The molecule has 0 aromatic heterocycles. The van der Waals surface area contributed by atoms with Crippen molar-refractivity contribution < 1.29 is 4.74 Å². The minimum atomic E-state index is 0.636. The summed E-state index contributed by atoms with van der Waals surface area (Å²) >= 11 is 5.88. The predicted molar refractivity (Wildman–Crippen MR) is 73.8 cm³/mol. The zero-order chi connectivity index (χ0) is 12.7. The summed E-state index contributed by atoms with van der Waals surface area (Å²) in [4.78, 5) is 2.37. The number of nitrogens with zero attached hydrogens (tertiary/aromatic N) is 1. The van der Waals surface area contributed by atoms with Crippen LogP contribution < -0.4 is 10.5 Å². The highest BCUT2D eigenvalue weighted by atomic mass is 35.5. The van der Waals surface area contributed by atoms with E-state index in [2.05, 4.69) is 18.7 Å². The Morgan fingerprint density at radius 1 is 1.29 bits per heavy atom. The first-order chi connectivity index (χ1) is 8.17. The van der Waals surface area contributed by atoms with E-state index in [-0.39, 0.29) is 0 Å². The summed E-state index contributed by atoms with van der Waals surface area (Å²) in [7, 11) is 0. The number of ether oxygens (including phenoxy) is 1. The molecule has 0 bridgehead atoms. The average Bonchev–Trinajstić information content (AvgIpc) is 2.33. The first-order valence-electron chi connectivity index (χ1n) is 6.07. The van der Waals surface area contributed by atoms with Gasteiger partial charge in [-0.3, -0.25) is 0 Å². The van der Waals surface area contributed by atoms with Gasteiger partial charge < -0.3 is 15.4 Å². The third kappa shape index (κ3) is 4.84. The van der Waals surface area contributed by atoms with E-state index in [1.54, 1.807) is 18.2 Å². The van der Waals surface area contributed by atoms with E-state index in [4.69, 9.17) is 22.1 Å². The lowest BCUT2D eigenvalue weighted by atomic mass is 10.3. The highest BCUT2D eigenvalue weighted by molar-refractivity contribution is 6.30. The lowest BCUT2D eigenvalue weighted by Crippen LogP contribution is -2.25. The molecule has 0 aliphatic rings. The standard InChI is InChI=1S/C13H21ClN2O/c1-3-16(4-2)8-5-9-17-13-10-11(14)6-7-12(13)15/h6-7,10H,3-5,8-9,15H2,1-2H3. The number of nitrogen functional groups attached to an aromatic ring is 1. The normalized spacial score (nSPS) is 10.8. The minimum Gasteiger partial charge on any atom is -0.491 e. The largest absolute Gasteiger partial charge is 0.491 e. The molecule has 0 fully saturated rings. The maximum atomic E-state index is 5.88. The summed E-state index contributed by atoms with van der Waals surface area (Å²) in [6, 6.07) is 5.29. The molecule has 0 heterocycles. The third-order valence-electron chi connectivity index (χ3n) is 2.75. The maximum Gasteiger partial charge on any atom is 0.143 e. The molecule has 96 valence electrons. The number of benzene rings is 1. The SMILES string of the molecule is CCN(CC)CCCOc1cc(Cl)ccc1N. The molecule has 0 spiro atoms. The molecule has 1 aromatic carbocycles. The molecule has 1 aromatic rings. The molecule has 3 nitrogen and oxygen atoms in total. The van der Waals surface area contributed by atoms with Crippen molar-refractivity contribution in [1.29, 1.82) is 0 Å². The zero-order valence-corrected chi connectivity index (χ0v) is 11.3. The summed E-state index contributed by atoms with van der Waals surface area (Å²) in [5.41, 5.74) is 6.43. The van der Waals surface area contributed by atoms with E-state index in [0.717, 1.165) is 26.1 Å². The van der Waals surface area contributed by atoms with Crippen LogP contribution in [0.5, 0.6) is 5.75 Å². The van der Waals surface area contributed by atoms with Crippen molar-refractivity contribution in [3.63, 3.8) is 0 Å². The fraction of sp³-hybridized carbons (Fsp3) is 0.538. The number of hydrogen-bond acceptors (Lipinski definition) is 3. The van der Waals surface area contributed by atoms with Crippen LogP contribution in [0, 0.1) is 0 Å². The minimum absolute atomic E-state index is 0.636. The molecule has 17 heavy (non-hydrogen) atoms.